The SMILES string of the molecule is CCOc1ccccc1-c1nnc(SCC(=O)Nc2nnc(C)s2)n1C. The van der Waals surface area contributed by atoms with E-state index in [2.05, 4.69) is 25.7 Å². The normalized spacial score (nSPS) is 10.7. The summed E-state index contributed by atoms with van der Waals surface area (Å²) in [6.45, 7) is 4.35. The van der Waals surface area contributed by atoms with Gasteiger partial charge in [0, 0.05) is 7.05 Å². The summed E-state index contributed by atoms with van der Waals surface area (Å²) in [5.74, 6) is 1.49. The number of para-hydroxylation sites is 1. The molecule has 8 nitrogen and oxygen atoms in total. The van der Waals surface area contributed by atoms with Crippen LogP contribution in [0.1, 0.15) is 11.9 Å². The lowest BCUT2D eigenvalue weighted by Crippen LogP contribution is -2.14. The predicted molar refractivity (Wildman–Crippen MR) is 102 cm³/mol. The molecule has 0 aliphatic rings. The van der Waals surface area contributed by atoms with Crippen molar-refractivity contribution in [3.8, 4) is 17.1 Å². The van der Waals surface area contributed by atoms with Crippen LogP contribution >= 0.6 is 23.1 Å². The van der Waals surface area contributed by atoms with E-state index in [0.29, 0.717) is 22.7 Å². The molecule has 0 aliphatic carbocycles. The summed E-state index contributed by atoms with van der Waals surface area (Å²) in [5.41, 5.74) is 0.866. The first-order chi connectivity index (χ1) is 12.6. The molecule has 3 rings (SSSR count). The minimum Gasteiger partial charge on any atom is -0.493 e. The summed E-state index contributed by atoms with van der Waals surface area (Å²) in [6.07, 6.45) is 0. The van der Waals surface area contributed by atoms with E-state index in [0.717, 1.165) is 16.3 Å². The third-order valence-electron chi connectivity index (χ3n) is 3.37. The number of hydrogen-bond donors (Lipinski definition) is 1. The monoisotopic (exact) mass is 390 g/mol. The number of ether oxygens (including phenoxy) is 1. The molecule has 0 atom stereocenters. The third-order valence-corrected chi connectivity index (χ3v) is 5.14. The molecule has 10 heteroatoms. The number of thioether (sulfide) groups is 1. The summed E-state index contributed by atoms with van der Waals surface area (Å²) in [5, 5.41) is 20.9. The molecule has 0 saturated carbocycles. The first-order valence-corrected chi connectivity index (χ1v) is 9.73. The molecule has 0 saturated heterocycles. The first kappa shape index (κ1) is 18.3. The fourth-order valence-electron chi connectivity index (χ4n) is 2.24. The molecule has 2 aromatic heterocycles. The Bertz CT molecular complexity index is 908. The van der Waals surface area contributed by atoms with Crippen LogP contribution in [0.2, 0.25) is 0 Å². The van der Waals surface area contributed by atoms with Crippen molar-refractivity contribution in [1.82, 2.24) is 25.0 Å². The first-order valence-electron chi connectivity index (χ1n) is 7.92. The van der Waals surface area contributed by atoms with Crippen LogP contribution in [0.25, 0.3) is 11.4 Å². The molecule has 0 radical (unpaired) electrons. The number of anilines is 1. The van der Waals surface area contributed by atoms with Crippen LogP contribution in [-0.2, 0) is 11.8 Å². The number of amides is 1. The van der Waals surface area contributed by atoms with Crippen LogP contribution in [-0.4, -0.2) is 43.2 Å². The zero-order valence-corrected chi connectivity index (χ0v) is 16.2. The lowest BCUT2D eigenvalue weighted by Gasteiger charge is -2.09. The van der Waals surface area contributed by atoms with Gasteiger partial charge in [0.15, 0.2) is 11.0 Å². The summed E-state index contributed by atoms with van der Waals surface area (Å²) >= 11 is 2.65. The number of hydrogen-bond acceptors (Lipinski definition) is 8. The molecule has 1 N–H and O–H groups in total. The van der Waals surface area contributed by atoms with Crippen LogP contribution in [0.15, 0.2) is 29.4 Å². The van der Waals surface area contributed by atoms with Gasteiger partial charge in [-0.15, -0.1) is 20.4 Å². The summed E-state index contributed by atoms with van der Waals surface area (Å²) < 4.78 is 7.51. The highest BCUT2D eigenvalue weighted by Crippen LogP contribution is 2.30. The second-order valence-corrected chi connectivity index (χ2v) is 7.38. The minimum absolute atomic E-state index is 0.162. The Morgan fingerprint density at radius 1 is 1.27 bits per heavy atom. The van der Waals surface area contributed by atoms with E-state index in [1.165, 1.54) is 23.1 Å². The lowest BCUT2D eigenvalue weighted by atomic mass is 10.2. The quantitative estimate of drug-likeness (QED) is 0.620. The van der Waals surface area contributed by atoms with Gasteiger partial charge in [-0.3, -0.25) is 10.1 Å². The Kier molecular flexibility index (Phi) is 5.84. The molecule has 0 bridgehead atoms. The van der Waals surface area contributed by atoms with E-state index in [9.17, 15) is 4.79 Å². The molecule has 0 spiro atoms. The molecule has 1 amide bonds. The van der Waals surface area contributed by atoms with Crippen molar-refractivity contribution in [2.45, 2.75) is 19.0 Å². The van der Waals surface area contributed by atoms with Crippen molar-refractivity contribution >= 4 is 34.1 Å². The van der Waals surface area contributed by atoms with Gasteiger partial charge in [-0.2, -0.15) is 0 Å². The molecular formula is C16H18N6O2S2. The molecule has 26 heavy (non-hydrogen) atoms. The predicted octanol–water partition coefficient (Wildman–Crippen LogP) is 2.77. The molecule has 2 heterocycles. The number of carbonyl (C=O) groups is 1. The molecule has 0 aliphatic heterocycles. The van der Waals surface area contributed by atoms with Gasteiger partial charge in [-0.25, -0.2) is 0 Å². The zero-order chi connectivity index (χ0) is 18.5. The molecule has 1 aromatic carbocycles. The van der Waals surface area contributed by atoms with Gasteiger partial charge in [0.2, 0.25) is 11.0 Å². The lowest BCUT2D eigenvalue weighted by molar-refractivity contribution is -0.113. The average Bonchev–Trinajstić information content (AvgIpc) is 3.19. The summed E-state index contributed by atoms with van der Waals surface area (Å²) in [6, 6.07) is 7.68. The highest BCUT2D eigenvalue weighted by molar-refractivity contribution is 7.99. The van der Waals surface area contributed by atoms with Crippen LogP contribution in [0.3, 0.4) is 0 Å². The van der Waals surface area contributed by atoms with Gasteiger partial charge < -0.3 is 9.30 Å². The van der Waals surface area contributed by atoms with Gasteiger partial charge in [-0.05, 0) is 26.0 Å². The van der Waals surface area contributed by atoms with Gasteiger partial charge >= 0.3 is 0 Å². The summed E-state index contributed by atoms with van der Waals surface area (Å²) in [4.78, 5) is 12.1. The largest absolute Gasteiger partial charge is 0.493 e. The Balaban J connectivity index is 1.68. The number of carbonyl (C=O) groups excluding carboxylic acids is 1. The Labute approximate surface area is 159 Å². The molecule has 136 valence electrons. The fourth-order valence-corrected chi connectivity index (χ4v) is 3.56. The number of aryl methyl sites for hydroxylation is 1. The molecular weight excluding hydrogens is 372 g/mol. The van der Waals surface area contributed by atoms with Crippen molar-refractivity contribution in [2.24, 2.45) is 7.05 Å². The zero-order valence-electron chi connectivity index (χ0n) is 14.6. The van der Waals surface area contributed by atoms with E-state index in [1.54, 1.807) is 0 Å². The van der Waals surface area contributed by atoms with E-state index in [1.807, 2.05) is 49.7 Å². The maximum Gasteiger partial charge on any atom is 0.236 e. The van der Waals surface area contributed by atoms with Crippen molar-refractivity contribution < 1.29 is 9.53 Å². The van der Waals surface area contributed by atoms with Crippen molar-refractivity contribution in [3.63, 3.8) is 0 Å². The van der Waals surface area contributed by atoms with Crippen LogP contribution in [0.4, 0.5) is 5.13 Å². The highest BCUT2D eigenvalue weighted by atomic mass is 32.2. The van der Waals surface area contributed by atoms with Crippen molar-refractivity contribution in [1.29, 1.82) is 0 Å². The van der Waals surface area contributed by atoms with Gasteiger partial charge in [0.25, 0.3) is 0 Å². The highest BCUT2D eigenvalue weighted by Gasteiger charge is 2.16. The Hall–Kier alpha value is -2.46. The number of nitrogens with one attached hydrogen (secondary N) is 1. The van der Waals surface area contributed by atoms with Crippen LogP contribution in [0, 0.1) is 6.92 Å². The van der Waals surface area contributed by atoms with Crippen LogP contribution < -0.4 is 10.1 Å². The molecule has 0 fully saturated rings. The number of benzene rings is 1. The van der Waals surface area contributed by atoms with Crippen molar-refractivity contribution in [3.05, 3.63) is 29.3 Å². The second kappa shape index (κ2) is 8.28. The topological polar surface area (TPSA) is 94.8 Å². The molecule has 0 unspecified atom stereocenters. The van der Waals surface area contributed by atoms with Gasteiger partial charge in [-0.1, -0.05) is 35.2 Å². The van der Waals surface area contributed by atoms with E-state index >= 15 is 0 Å². The third kappa shape index (κ3) is 4.20. The van der Waals surface area contributed by atoms with E-state index in [4.69, 9.17) is 4.74 Å². The average molecular weight is 390 g/mol. The second-order valence-electron chi connectivity index (χ2n) is 5.26. The van der Waals surface area contributed by atoms with Crippen LogP contribution in [0.5, 0.6) is 5.75 Å². The standard InChI is InChI=1S/C16H18N6O2S2/c1-4-24-12-8-6-5-7-11(12)14-19-21-16(22(14)3)25-9-13(23)17-15-20-18-10(2)26-15/h5-8H,4,9H2,1-3H3,(H,17,20,23). The Morgan fingerprint density at radius 2 is 2.08 bits per heavy atom. The van der Waals surface area contributed by atoms with Crippen molar-refractivity contribution in [2.75, 3.05) is 17.7 Å². The van der Waals surface area contributed by atoms with E-state index in [-0.39, 0.29) is 11.7 Å². The maximum absolute atomic E-state index is 12.1. The number of rotatable bonds is 7. The molecule has 3 aromatic rings. The van der Waals surface area contributed by atoms with Gasteiger partial charge in [0.05, 0.1) is 17.9 Å². The smallest absolute Gasteiger partial charge is 0.236 e. The maximum atomic E-state index is 12.1. The van der Waals surface area contributed by atoms with Gasteiger partial charge in [0.1, 0.15) is 10.8 Å². The minimum atomic E-state index is -0.162. The number of nitrogens with zero attached hydrogens (tertiary/aromatic N) is 5. The van der Waals surface area contributed by atoms with E-state index < -0.39 is 0 Å². The fraction of sp³-hybridized carbons (Fsp3) is 0.312. The number of aromatic nitrogens is 5. The summed E-state index contributed by atoms with van der Waals surface area (Å²) in [7, 11) is 1.87. The Morgan fingerprint density at radius 3 is 2.81 bits per heavy atom.